The predicted molar refractivity (Wildman–Crippen MR) is 76.2 cm³/mol. The van der Waals surface area contributed by atoms with E-state index < -0.39 is 11.9 Å². The summed E-state index contributed by atoms with van der Waals surface area (Å²) in [5, 5.41) is 10.2. The maximum atomic E-state index is 12.4. The average Bonchev–Trinajstić information content (AvgIpc) is 2.69. The highest BCUT2D eigenvalue weighted by molar-refractivity contribution is 6.12. The lowest BCUT2D eigenvalue weighted by atomic mass is 9.85. The van der Waals surface area contributed by atoms with Crippen molar-refractivity contribution in [2.24, 2.45) is 13.0 Å². The lowest BCUT2D eigenvalue weighted by molar-refractivity contribution is -0.141. The van der Waals surface area contributed by atoms with Crippen LogP contribution in [0, 0.1) is 19.8 Å². The van der Waals surface area contributed by atoms with Crippen LogP contribution in [0.25, 0.3) is 10.9 Å². The van der Waals surface area contributed by atoms with Crippen LogP contribution in [0.15, 0.2) is 12.1 Å². The van der Waals surface area contributed by atoms with Crippen molar-refractivity contribution in [1.82, 2.24) is 4.57 Å². The number of hydrogen-bond donors (Lipinski definition) is 1. The van der Waals surface area contributed by atoms with Crippen molar-refractivity contribution < 1.29 is 14.7 Å². The number of fused-ring (bicyclic) bond motifs is 3. The highest BCUT2D eigenvalue weighted by atomic mass is 16.4. The SMILES string of the molecule is Cc1ccc(C)c2c1c1c(n2C)CC(C(=O)O)CC1=O. The molecule has 4 nitrogen and oxygen atoms in total. The van der Waals surface area contributed by atoms with Gasteiger partial charge in [0.2, 0.25) is 0 Å². The first-order chi connectivity index (χ1) is 9.41. The minimum absolute atomic E-state index is 0.0436. The van der Waals surface area contributed by atoms with E-state index in [-0.39, 0.29) is 12.2 Å². The molecule has 1 N–H and O–H groups in total. The van der Waals surface area contributed by atoms with Gasteiger partial charge in [-0.2, -0.15) is 0 Å². The Morgan fingerprint density at radius 2 is 1.90 bits per heavy atom. The summed E-state index contributed by atoms with van der Waals surface area (Å²) < 4.78 is 2.00. The molecular formula is C16H17NO3. The standard InChI is InChI=1S/C16H17NO3/c1-8-4-5-9(2)15-13(8)14-11(17(15)3)6-10(16(19)20)7-12(14)18/h4-5,10H,6-7H2,1-3H3,(H,19,20). The number of carbonyl (C=O) groups excluding carboxylic acids is 1. The summed E-state index contributed by atoms with van der Waals surface area (Å²) in [4.78, 5) is 23.6. The molecule has 0 amide bonds. The molecule has 0 saturated heterocycles. The maximum absolute atomic E-state index is 12.4. The van der Waals surface area contributed by atoms with E-state index in [9.17, 15) is 14.7 Å². The molecule has 0 spiro atoms. The number of aromatic nitrogens is 1. The summed E-state index contributed by atoms with van der Waals surface area (Å²) in [5.74, 6) is -1.53. The van der Waals surface area contributed by atoms with E-state index in [1.807, 2.05) is 37.6 Å². The van der Waals surface area contributed by atoms with Crippen molar-refractivity contribution >= 4 is 22.7 Å². The van der Waals surface area contributed by atoms with Gasteiger partial charge >= 0.3 is 5.97 Å². The van der Waals surface area contributed by atoms with E-state index >= 15 is 0 Å². The molecule has 4 heteroatoms. The molecule has 1 unspecified atom stereocenters. The third-order valence-electron chi connectivity index (χ3n) is 4.37. The third-order valence-corrected chi connectivity index (χ3v) is 4.37. The summed E-state index contributed by atoms with van der Waals surface area (Å²) in [5.41, 5.74) is 4.84. The number of Topliss-reactive ketones (excluding diaryl/α,β-unsaturated/α-hetero) is 1. The molecule has 1 aliphatic rings. The van der Waals surface area contributed by atoms with Crippen LogP contribution in [-0.4, -0.2) is 21.4 Å². The van der Waals surface area contributed by atoms with Crippen LogP contribution < -0.4 is 0 Å². The minimum Gasteiger partial charge on any atom is -0.481 e. The maximum Gasteiger partial charge on any atom is 0.307 e. The van der Waals surface area contributed by atoms with Crippen LogP contribution in [0.3, 0.4) is 0 Å². The Labute approximate surface area is 117 Å². The van der Waals surface area contributed by atoms with Crippen molar-refractivity contribution in [1.29, 1.82) is 0 Å². The number of carbonyl (C=O) groups is 2. The zero-order chi connectivity index (χ0) is 14.6. The van der Waals surface area contributed by atoms with E-state index in [4.69, 9.17) is 0 Å². The highest BCUT2D eigenvalue weighted by Crippen LogP contribution is 2.36. The second-order valence-electron chi connectivity index (χ2n) is 5.67. The molecule has 1 atom stereocenters. The molecule has 20 heavy (non-hydrogen) atoms. The fourth-order valence-electron chi connectivity index (χ4n) is 3.34. The van der Waals surface area contributed by atoms with Gasteiger partial charge in [0, 0.05) is 36.5 Å². The molecule has 1 aromatic heterocycles. The van der Waals surface area contributed by atoms with Gasteiger partial charge in [0.1, 0.15) is 0 Å². The highest BCUT2D eigenvalue weighted by Gasteiger charge is 2.34. The molecular weight excluding hydrogens is 254 g/mol. The van der Waals surface area contributed by atoms with Gasteiger partial charge in [-0.3, -0.25) is 9.59 Å². The quantitative estimate of drug-likeness (QED) is 0.867. The minimum atomic E-state index is -0.886. The van der Waals surface area contributed by atoms with E-state index in [1.54, 1.807) is 0 Å². The molecule has 1 aromatic carbocycles. The fourth-order valence-corrected chi connectivity index (χ4v) is 3.34. The Hall–Kier alpha value is -2.10. The smallest absolute Gasteiger partial charge is 0.307 e. The first-order valence-electron chi connectivity index (χ1n) is 6.75. The van der Waals surface area contributed by atoms with Crippen molar-refractivity contribution in [3.05, 3.63) is 34.5 Å². The Balaban J connectivity index is 2.36. The first kappa shape index (κ1) is 12.9. The Morgan fingerprint density at radius 1 is 1.25 bits per heavy atom. The normalized spacial score (nSPS) is 18.4. The summed E-state index contributed by atoms with van der Waals surface area (Å²) in [6.07, 6.45) is 0.537. The summed E-state index contributed by atoms with van der Waals surface area (Å²) in [6, 6.07) is 4.07. The lowest BCUT2D eigenvalue weighted by Gasteiger charge is -2.19. The number of hydrogen-bond acceptors (Lipinski definition) is 2. The molecule has 1 aliphatic carbocycles. The lowest BCUT2D eigenvalue weighted by Crippen LogP contribution is -2.27. The molecule has 0 aliphatic heterocycles. The van der Waals surface area contributed by atoms with Crippen molar-refractivity contribution in [3.8, 4) is 0 Å². The number of benzene rings is 1. The Morgan fingerprint density at radius 3 is 2.55 bits per heavy atom. The van der Waals surface area contributed by atoms with Crippen LogP contribution in [0.4, 0.5) is 0 Å². The van der Waals surface area contributed by atoms with Crippen LogP contribution >= 0.6 is 0 Å². The Bertz CT molecular complexity index is 755. The number of carboxylic acids is 1. The van der Waals surface area contributed by atoms with Gasteiger partial charge in [0.25, 0.3) is 0 Å². The van der Waals surface area contributed by atoms with Crippen LogP contribution in [-0.2, 0) is 18.3 Å². The zero-order valence-electron chi connectivity index (χ0n) is 11.9. The summed E-state index contributed by atoms with van der Waals surface area (Å²) in [7, 11) is 1.92. The van der Waals surface area contributed by atoms with Gasteiger partial charge in [-0.05, 0) is 25.0 Å². The topological polar surface area (TPSA) is 59.3 Å². The fraction of sp³-hybridized carbons (Fsp3) is 0.375. The number of aliphatic carboxylic acids is 1. The molecule has 104 valence electrons. The van der Waals surface area contributed by atoms with Crippen molar-refractivity contribution in [2.45, 2.75) is 26.7 Å². The number of ketones is 1. The largest absolute Gasteiger partial charge is 0.481 e. The second-order valence-corrected chi connectivity index (χ2v) is 5.67. The molecule has 0 bridgehead atoms. The van der Waals surface area contributed by atoms with Gasteiger partial charge in [-0.25, -0.2) is 0 Å². The molecule has 3 rings (SSSR count). The second kappa shape index (κ2) is 4.20. The number of carboxylic acid groups (broad SMARTS) is 1. The summed E-state index contributed by atoms with van der Waals surface area (Å²) in [6.45, 7) is 4.02. The van der Waals surface area contributed by atoms with Crippen molar-refractivity contribution in [3.63, 3.8) is 0 Å². The summed E-state index contributed by atoms with van der Waals surface area (Å²) >= 11 is 0. The molecule has 0 radical (unpaired) electrons. The van der Waals surface area contributed by atoms with Crippen molar-refractivity contribution in [2.75, 3.05) is 0 Å². The van der Waals surface area contributed by atoms with E-state index in [0.29, 0.717) is 6.42 Å². The number of rotatable bonds is 1. The van der Waals surface area contributed by atoms with Crippen LogP contribution in [0.2, 0.25) is 0 Å². The average molecular weight is 271 g/mol. The van der Waals surface area contributed by atoms with E-state index in [2.05, 4.69) is 0 Å². The number of nitrogens with zero attached hydrogens (tertiary/aromatic N) is 1. The van der Waals surface area contributed by atoms with Crippen LogP contribution in [0.1, 0.15) is 33.6 Å². The molecule has 1 heterocycles. The van der Waals surface area contributed by atoms with Gasteiger partial charge in [-0.15, -0.1) is 0 Å². The Kier molecular flexibility index (Phi) is 2.71. The molecule has 0 saturated carbocycles. The van der Waals surface area contributed by atoms with Crippen LogP contribution in [0.5, 0.6) is 0 Å². The molecule has 2 aromatic rings. The molecule has 0 fully saturated rings. The van der Waals surface area contributed by atoms with E-state index in [1.165, 1.54) is 0 Å². The third kappa shape index (κ3) is 1.60. The monoisotopic (exact) mass is 271 g/mol. The predicted octanol–water partition coefficient (Wildman–Crippen LogP) is 2.62. The van der Waals surface area contributed by atoms with Gasteiger partial charge in [0.05, 0.1) is 11.4 Å². The van der Waals surface area contributed by atoms with Gasteiger partial charge < -0.3 is 9.67 Å². The zero-order valence-corrected chi connectivity index (χ0v) is 11.9. The first-order valence-corrected chi connectivity index (χ1v) is 6.75. The van der Waals surface area contributed by atoms with Gasteiger partial charge in [0.15, 0.2) is 5.78 Å². The number of aryl methyl sites for hydroxylation is 3. The van der Waals surface area contributed by atoms with Gasteiger partial charge in [-0.1, -0.05) is 12.1 Å². The van der Waals surface area contributed by atoms with E-state index in [0.717, 1.165) is 33.3 Å².